The highest BCUT2D eigenvalue weighted by Crippen LogP contribution is 2.25. The fourth-order valence-electron chi connectivity index (χ4n) is 4.66. The van der Waals surface area contributed by atoms with Crippen LogP contribution in [0, 0.1) is 0 Å². The summed E-state index contributed by atoms with van der Waals surface area (Å²) >= 11 is 0. The SMILES string of the molecule is O=C1CCCN1CCC1CCCCN1C(=O)Cc1ccccc1OCc1ccccc1. The zero-order chi connectivity index (χ0) is 21.5. The second-order valence-corrected chi connectivity index (χ2v) is 8.57. The van der Waals surface area contributed by atoms with Gasteiger partial charge in [0.2, 0.25) is 11.8 Å². The summed E-state index contributed by atoms with van der Waals surface area (Å²) in [5, 5.41) is 0. The molecule has 0 spiro atoms. The third-order valence-corrected chi connectivity index (χ3v) is 6.40. The fraction of sp³-hybridized carbons (Fsp3) is 0.462. The molecule has 0 bridgehead atoms. The number of para-hydroxylation sites is 1. The van der Waals surface area contributed by atoms with Crippen LogP contribution in [0.1, 0.15) is 49.7 Å². The molecule has 0 N–H and O–H groups in total. The highest BCUT2D eigenvalue weighted by Gasteiger charge is 2.29. The van der Waals surface area contributed by atoms with Gasteiger partial charge in [0.15, 0.2) is 0 Å². The van der Waals surface area contributed by atoms with Gasteiger partial charge in [0, 0.05) is 37.7 Å². The second kappa shape index (κ2) is 10.5. The predicted octanol–water partition coefficient (Wildman–Crippen LogP) is 4.20. The van der Waals surface area contributed by atoms with E-state index in [1.807, 2.05) is 59.5 Å². The lowest BCUT2D eigenvalue weighted by molar-refractivity contribution is -0.134. The van der Waals surface area contributed by atoms with Crippen molar-refractivity contribution >= 4 is 11.8 Å². The van der Waals surface area contributed by atoms with Crippen molar-refractivity contribution in [3.63, 3.8) is 0 Å². The van der Waals surface area contributed by atoms with Gasteiger partial charge >= 0.3 is 0 Å². The average Bonchev–Trinajstić information content (AvgIpc) is 3.22. The van der Waals surface area contributed by atoms with Gasteiger partial charge in [0.1, 0.15) is 12.4 Å². The Hall–Kier alpha value is -2.82. The molecular weight excluding hydrogens is 388 g/mol. The molecule has 4 rings (SSSR count). The van der Waals surface area contributed by atoms with Crippen molar-refractivity contribution in [1.29, 1.82) is 0 Å². The van der Waals surface area contributed by atoms with Gasteiger partial charge in [-0.15, -0.1) is 0 Å². The van der Waals surface area contributed by atoms with Gasteiger partial charge in [-0.3, -0.25) is 9.59 Å². The Morgan fingerprint density at radius 3 is 2.58 bits per heavy atom. The summed E-state index contributed by atoms with van der Waals surface area (Å²) in [6.45, 7) is 2.93. The van der Waals surface area contributed by atoms with Crippen molar-refractivity contribution in [3.05, 3.63) is 65.7 Å². The summed E-state index contributed by atoms with van der Waals surface area (Å²) in [7, 11) is 0. The molecule has 2 heterocycles. The zero-order valence-electron chi connectivity index (χ0n) is 18.2. The standard InChI is InChI=1S/C26H32N2O3/c29-25-14-8-16-27(25)18-15-23-12-6-7-17-28(23)26(30)19-22-11-4-5-13-24(22)31-20-21-9-2-1-3-10-21/h1-5,9-11,13,23H,6-8,12,14-20H2. The zero-order valence-corrected chi connectivity index (χ0v) is 18.2. The van der Waals surface area contributed by atoms with Crippen LogP contribution in [0.15, 0.2) is 54.6 Å². The molecule has 0 aliphatic carbocycles. The molecule has 2 aliphatic heterocycles. The Morgan fingerprint density at radius 2 is 1.77 bits per heavy atom. The first-order valence-electron chi connectivity index (χ1n) is 11.5. The molecule has 1 unspecified atom stereocenters. The van der Waals surface area contributed by atoms with Crippen LogP contribution in [0.4, 0.5) is 0 Å². The number of hydrogen-bond donors (Lipinski definition) is 0. The molecule has 0 aromatic heterocycles. The van der Waals surface area contributed by atoms with E-state index in [0.29, 0.717) is 19.4 Å². The number of likely N-dealkylation sites (tertiary alicyclic amines) is 2. The lowest BCUT2D eigenvalue weighted by atomic mass is 9.97. The van der Waals surface area contributed by atoms with Crippen LogP contribution in [0.25, 0.3) is 0 Å². The smallest absolute Gasteiger partial charge is 0.227 e. The van der Waals surface area contributed by atoms with Crippen LogP contribution >= 0.6 is 0 Å². The lowest BCUT2D eigenvalue weighted by Gasteiger charge is -2.37. The van der Waals surface area contributed by atoms with E-state index in [1.54, 1.807) is 0 Å². The molecule has 0 radical (unpaired) electrons. The largest absolute Gasteiger partial charge is 0.489 e. The number of nitrogens with zero attached hydrogens (tertiary/aromatic N) is 2. The first-order valence-corrected chi connectivity index (χ1v) is 11.5. The van der Waals surface area contributed by atoms with Crippen molar-refractivity contribution in [1.82, 2.24) is 9.80 Å². The van der Waals surface area contributed by atoms with Crippen molar-refractivity contribution < 1.29 is 14.3 Å². The first-order chi connectivity index (χ1) is 15.2. The van der Waals surface area contributed by atoms with E-state index in [4.69, 9.17) is 4.74 Å². The van der Waals surface area contributed by atoms with Gasteiger partial charge in [-0.05, 0) is 43.7 Å². The molecule has 2 fully saturated rings. The monoisotopic (exact) mass is 420 g/mol. The summed E-state index contributed by atoms with van der Waals surface area (Å²) in [5.41, 5.74) is 2.04. The summed E-state index contributed by atoms with van der Waals surface area (Å²) in [5.74, 6) is 1.20. The molecule has 2 aromatic rings. The number of carbonyl (C=O) groups excluding carboxylic acids is 2. The lowest BCUT2D eigenvalue weighted by Crippen LogP contribution is -2.46. The van der Waals surface area contributed by atoms with E-state index in [2.05, 4.69) is 4.90 Å². The molecule has 2 aromatic carbocycles. The number of rotatable bonds is 8. The highest BCUT2D eigenvalue weighted by atomic mass is 16.5. The molecule has 5 nitrogen and oxygen atoms in total. The van der Waals surface area contributed by atoms with E-state index < -0.39 is 0 Å². The highest BCUT2D eigenvalue weighted by molar-refractivity contribution is 5.80. The third-order valence-electron chi connectivity index (χ3n) is 6.40. The molecule has 5 heteroatoms. The average molecular weight is 421 g/mol. The summed E-state index contributed by atoms with van der Waals surface area (Å²) < 4.78 is 6.05. The van der Waals surface area contributed by atoms with Gasteiger partial charge < -0.3 is 14.5 Å². The van der Waals surface area contributed by atoms with Gasteiger partial charge in [0.05, 0.1) is 6.42 Å². The minimum atomic E-state index is 0.160. The van der Waals surface area contributed by atoms with Crippen LogP contribution in [-0.2, 0) is 22.6 Å². The topological polar surface area (TPSA) is 49.9 Å². The molecule has 31 heavy (non-hydrogen) atoms. The van der Waals surface area contributed by atoms with E-state index in [1.165, 1.54) is 0 Å². The third kappa shape index (κ3) is 5.66. The molecule has 1 atom stereocenters. The van der Waals surface area contributed by atoms with Crippen molar-refractivity contribution in [2.75, 3.05) is 19.6 Å². The number of benzene rings is 2. The Labute approximate surface area is 185 Å². The van der Waals surface area contributed by atoms with E-state index in [0.717, 1.165) is 68.6 Å². The molecular formula is C26H32N2O3. The van der Waals surface area contributed by atoms with E-state index in [-0.39, 0.29) is 17.9 Å². The Balaban J connectivity index is 1.37. The minimum Gasteiger partial charge on any atom is -0.489 e. The number of ether oxygens (including phenoxy) is 1. The van der Waals surface area contributed by atoms with E-state index >= 15 is 0 Å². The van der Waals surface area contributed by atoms with Crippen molar-refractivity contribution in [2.45, 2.75) is 57.6 Å². The molecule has 164 valence electrons. The minimum absolute atomic E-state index is 0.160. The Kier molecular flexibility index (Phi) is 7.23. The summed E-state index contributed by atoms with van der Waals surface area (Å²) in [6.07, 6.45) is 6.10. The number of amides is 2. The number of hydrogen-bond acceptors (Lipinski definition) is 3. The van der Waals surface area contributed by atoms with Crippen LogP contribution < -0.4 is 4.74 Å². The van der Waals surface area contributed by atoms with Gasteiger partial charge in [-0.25, -0.2) is 0 Å². The van der Waals surface area contributed by atoms with Crippen molar-refractivity contribution in [3.8, 4) is 5.75 Å². The van der Waals surface area contributed by atoms with Gasteiger partial charge in [-0.2, -0.15) is 0 Å². The van der Waals surface area contributed by atoms with Gasteiger partial charge in [0.25, 0.3) is 0 Å². The predicted molar refractivity (Wildman–Crippen MR) is 121 cm³/mol. The fourth-order valence-corrected chi connectivity index (χ4v) is 4.66. The maximum atomic E-state index is 13.3. The summed E-state index contributed by atoms with van der Waals surface area (Å²) in [4.78, 5) is 29.2. The maximum Gasteiger partial charge on any atom is 0.227 e. The molecule has 2 saturated heterocycles. The molecule has 2 amide bonds. The van der Waals surface area contributed by atoms with Crippen molar-refractivity contribution in [2.24, 2.45) is 0 Å². The van der Waals surface area contributed by atoms with Gasteiger partial charge in [-0.1, -0.05) is 48.5 Å². The summed E-state index contributed by atoms with van der Waals surface area (Å²) in [6, 6.07) is 18.1. The van der Waals surface area contributed by atoms with E-state index in [9.17, 15) is 9.59 Å². The molecule has 2 aliphatic rings. The normalized spacial score (nSPS) is 19.0. The van der Waals surface area contributed by atoms with Crippen LogP contribution in [0.3, 0.4) is 0 Å². The van der Waals surface area contributed by atoms with Crippen LogP contribution in [-0.4, -0.2) is 47.3 Å². The Bertz CT molecular complexity index is 883. The quantitative estimate of drug-likeness (QED) is 0.643. The maximum absolute atomic E-state index is 13.3. The van der Waals surface area contributed by atoms with Crippen LogP contribution in [0.5, 0.6) is 5.75 Å². The second-order valence-electron chi connectivity index (χ2n) is 8.57. The number of piperidine rings is 1. The van der Waals surface area contributed by atoms with Crippen LogP contribution in [0.2, 0.25) is 0 Å². The Morgan fingerprint density at radius 1 is 0.968 bits per heavy atom. The first kappa shape index (κ1) is 21.4. The number of carbonyl (C=O) groups is 2. The molecule has 0 saturated carbocycles.